The molecule has 1 N–H and O–H groups in total. The molecule has 0 bridgehead atoms. The van der Waals surface area contributed by atoms with Gasteiger partial charge in [0.1, 0.15) is 11.1 Å². The minimum absolute atomic E-state index is 0.190. The zero-order chi connectivity index (χ0) is 38.0. The summed E-state index contributed by atoms with van der Waals surface area (Å²) in [4.78, 5) is 29.0. The molecule has 0 saturated carbocycles. The van der Waals surface area contributed by atoms with Crippen molar-refractivity contribution in [3.63, 3.8) is 0 Å². The fourth-order valence-corrected chi connectivity index (χ4v) is 7.79. The van der Waals surface area contributed by atoms with Crippen molar-refractivity contribution in [2.45, 2.75) is 64.5 Å². The molecule has 1 atom stereocenters. The van der Waals surface area contributed by atoms with Gasteiger partial charge in [-0.3, -0.25) is 4.79 Å². The highest BCUT2D eigenvalue weighted by molar-refractivity contribution is 6.33. The van der Waals surface area contributed by atoms with E-state index in [-0.39, 0.29) is 12.5 Å². The van der Waals surface area contributed by atoms with Crippen LogP contribution < -0.4 is 5.32 Å². The first-order chi connectivity index (χ1) is 26.0. The maximum atomic E-state index is 14.3. The molecule has 8 heteroatoms. The van der Waals surface area contributed by atoms with Gasteiger partial charge in [0.05, 0.1) is 11.4 Å². The predicted molar refractivity (Wildman–Crippen MR) is 218 cm³/mol. The Morgan fingerprint density at radius 2 is 1.41 bits per heavy atom. The molecule has 1 aliphatic heterocycles. The van der Waals surface area contributed by atoms with Gasteiger partial charge in [-0.15, -0.1) is 0 Å². The maximum absolute atomic E-state index is 14.3. The van der Waals surface area contributed by atoms with Gasteiger partial charge in [0.2, 0.25) is 5.91 Å². The molecule has 0 unspecified atom stereocenters. The van der Waals surface area contributed by atoms with Crippen LogP contribution >= 0.6 is 11.6 Å². The van der Waals surface area contributed by atoms with Gasteiger partial charge in [-0.25, -0.2) is 9.48 Å². The molecule has 1 aromatic heterocycles. The van der Waals surface area contributed by atoms with Crippen molar-refractivity contribution in [2.75, 3.05) is 18.4 Å². The number of nitrogens with one attached hydrogen (secondary N) is 1. The van der Waals surface area contributed by atoms with Crippen LogP contribution in [-0.2, 0) is 15.1 Å². The zero-order valence-corrected chi connectivity index (χ0v) is 32.3. The fraction of sp³-hybridized carbons (Fsp3) is 0.283. The van der Waals surface area contributed by atoms with Gasteiger partial charge >= 0.3 is 6.09 Å². The number of fused-ring (bicyclic) bond motifs is 1. The number of rotatable bonds is 8. The van der Waals surface area contributed by atoms with Crippen molar-refractivity contribution in [3.8, 4) is 11.1 Å². The Bertz CT molecular complexity index is 2170. The molecular formula is C46H47ClN4O3. The number of anilines is 1. The van der Waals surface area contributed by atoms with Crippen LogP contribution in [0.2, 0.25) is 5.02 Å². The molecule has 0 spiro atoms. The van der Waals surface area contributed by atoms with Crippen LogP contribution in [0.3, 0.4) is 0 Å². The lowest BCUT2D eigenvalue weighted by Crippen LogP contribution is -2.45. The number of halogens is 1. The van der Waals surface area contributed by atoms with Crippen LogP contribution in [-0.4, -0.2) is 45.4 Å². The molecule has 7 rings (SSSR count). The molecule has 54 heavy (non-hydrogen) atoms. The minimum atomic E-state index is -0.917. The Balaban J connectivity index is 1.42. The van der Waals surface area contributed by atoms with E-state index >= 15 is 0 Å². The smallest absolute Gasteiger partial charge is 0.410 e. The van der Waals surface area contributed by atoms with Crippen LogP contribution in [0.5, 0.6) is 0 Å². The van der Waals surface area contributed by atoms with Crippen molar-refractivity contribution < 1.29 is 14.3 Å². The number of carbonyl (C=O) groups excluding carboxylic acids is 2. The van der Waals surface area contributed by atoms with Crippen molar-refractivity contribution in [1.29, 1.82) is 0 Å². The van der Waals surface area contributed by atoms with Crippen LogP contribution in [0.15, 0.2) is 127 Å². The van der Waals surface area contributed by atoms with Crippen LogP contribution in [0.4, 0.5) is 10.6 Å². The number of benzene rings is 5. The van der Waals surface area contributed by atoms with E-state index in [1.165, 1.54) is 5.56 Å². The second-order valence-corrected chi connectivity index (χ2v) is 15.9. The molecule has 7 nitrogen and oxygen atoms in total. The summed E-state index contributed by atoms with van der Waals surface area (Å²) < 4.78 is 7.72. The second-order valence-electron chi connectivity index (χ2n) is 15.4. The number of hydrogen-bond donors (Lipinski definition) is 1. The Morgan fingerprint density at radius 3 is 1.96 bits per heavy atom. The first-order valence-corrected chi connectivity index (χ1v) is 19.1. The molecule has 1 saturated heterocycles. The highest BCUT2D eigenvalue weighted by atomic mass is 35.5. The third-order valence-corrected chi connectivity index (χ3v) is 10.6. The minimum Gasteiger partial charge on any atom is -0.444 e. The molecule has 2 heterocycles. The van der Waals surface area contributed by atoms with Crippen molar-refractivity contribution in [1.82, 2.24) is 14.7 Å². The van der Waals surface area contributed by atoms with Crippen LogP contribution in [0, 0.1) is 5.92 Å². The van der Waals surface area contributed by atoms with Gasteiger partial charge in [-0.2, -0.15) is 5.10 Å². The first kappa shape index (κ1) is 36.9. The van der Waals surface area contributed by atoms with E-state index in [4.69, 9.17) is 21.4 Å². The van der Waals surface area contributed by atoms with E-state index in [9.17, 15) is 9.59 Å². The SMILES string of the molecule is CC(C)c1ccc(Cl)c(-c2ccc3c(c2)c(NC(=O)[C@@H]2CCCN(C(=O)OC(C)(C)C)C2)nn3C(c2ccccc2)(c2ccccc2)c2ccccc2)c1. The van der Waals surface area contributed by atoms with Gasteiger partial charge in [0, 0.05) is 29.1 Å². The monoisotopic (exact) mass is 738 g/mol. The Morgan fingerprint density at radius 1 is 0.815 bits per heavy atom. The molecule has 2 amide bonds. The van der Waals surface area contributed by atoms with E-state index < -0.39 is 23.2 Å². The van der Waals surface area contributed by atoms with Gasteiger partial charge in [0.25, 0.3) is 0 Å². The van der Waals surface area contributed by atoms with E-state index in [1.54, 1.807) is 4.90 Å². The molecule has 1 fully saturated rings. The summed E-state index contributed by atoms with van der Waals surface area (Å²) in [6.07, 6.45) is 0.938. The summed E-state index contributed by atoms with van der Waals surface area (Å²) in [7, 11) is 0. The Labute approximate surface area is 322 Å². The van der Waals surface area contributed by atoms with Crippen molar-refractivity contribution in [3.05, 3.63) is 155 Å². The lowest BCUT2D eigenvalue weighted by atomic mass is 9.77. The summed E-state index contributed by atoms with van der Waals surface area (Å²) >= 11 is 6.88. The largest absolute Gasteiger partial charge is 0.444 e. The Hall–Kier alpha value is -5.40. The average Bonchev–Trinajstić information content (AvgIpc) is 3.53. The highest BCUT2D eigenvalue weighted by Crippen LogP contribution is 2.44. The number of hydrogen-bond acceptors (Lipinski definition) is 4. The average molecular weight is 739 g/mol. The number of nitrogens with zero attached hydrogens (tertiary/aromatic N) is 3. The van der Waals surface area contributed by atoms with E-state index in [2.05, 4.69) is 90.6 Å². The number of aromatic nitrogens is 2. The maximum Gasteiger partial charge on any atom is 0.410 e. The first-order valence-electron chi connectivity index (χ1n) is 18.7. The number of carbonyl (C=O) groups is 2. The fourth-order valence-electron chi connectivity index (χ4n) is 7.56. The number of amides is 2. The van der Waals surface area contributed by atoms with E-state index in [0.29, 0.717) is 36.1 Å². The normalized spacial score (nSPS) is 15.0. The summed E-state index contributed by atoms with van der Waals surface area (Å²) in [5.41, 5.74) is 5.35. The van der Waals surface area contributed by atoms with Crippen LogP contribution in [0.1, 0.15) is 75.6 Å². The third kappa shape index (κ3) is 7.25. The predicted octanol–water partition coefficient (Wildman–Crippen LogP) is 10.9. The topological polar surface area (TPSA) is 76.5 Å². The van der Waals surface area contributed by atoms with Gasteiger partial charge < -0.3 is 15.0 Å². The number of piperidine rings is 1. The standard InChI is InChI=1S/C46H47ClN4O3/c1-31(2)32-23-25-40(47)38(28-32)33-24-26-41-39(29-33)42(48-43(52)34-16-15-27-50(30-34)44(53)54-45(3,4)5)49-51(41)46(35-17-9-6-10-18-35,36-19-11-7-12-20-36)37-21-13-8-14-22-37/h6-14,17-26,28-29,31,34H,15-16,27,30H2,1-5H3,(H,48,49,52)/t34-/m1/s1. The molecule has 0 aliphatic carbocycles. The van der Waals surface area contributed by atoms with Crippen molar-refractivity contribution >= 4 is 40.3 Å². The van der Waals surface area contributed by atoms with Crippen LogP contribution in [0.25, 0.3) is 22.0 Å². The molecule has 5 aromatic carbocycles. The van der Waals surface area contributed by atoms with Crippen molar-refractivity contribution in [2.24, 2.45) is 5.92 Å². The highest BCUT2D eigenvalue weighted by Gasteiger charge is 2.41. The Kier molecular flexibility index (Phi) is 10.4. The quantitative estimate of drug-likeness (QED) is 0.158. The van der Waals surface area contributed by atoms with Gasteiger partial charge in [0.15, 0.2) is 5.82 Å². The molecule has 276 valence electrons. The zero-order valence-electron chi connectivity index (χ0n) is 31.6. The van der Waals surface area contributed by atoms with Gasteiger partial charge in [-0.1, -0.05) is 129 Å². The van der Waals surface area contributed by atoms with E-state index in [1.807, 2.05) is 81.4 Å². The third-order valence-electron chi connectivity index (χ3n) is 10.2. The number of ether oxygens (including phenoxy) is 1. The molecule has 6 aromatic rings. The molecular weight excluding hydrogens is 692 g/mol. The summed E-state index contributed by atoms with van der Waals surface area (Å²) in [6.45, 7) is 10.7. The molecule has 0 radical (unpaired) electrons. The second kappa shape index (κ2) is 15.2. The number of likely N-dealkylation sites (tertiary alicyclic amines) is 1. The molecule has 1 aliphatic rings. The lowest BCUT2D eigenvalue weighted by Gasteiger charge is -2.37. The lowest BCUT2D eigenvalue weighted by molar-refractivity contribution is -0.121. The summed E-state index contributed by atoms with van der Waals surface area (Å²) in [5.74, 6) is 0.134. The van der Waals surface area contributed by atoms with E-state index in [0.717, 1.165) is 38.7 Å². The summed E-state index contributed by atoms with van der Waals surface area (Å²) in [6, 6.07) is 43.5. The summed E-state index contributed by atoms with van der Waals surface area (Å²) in [5, 5.41) is 10.1. The van der Waals surface area contributed by atoms with Gasteiger partial charge in [-0.05, 0) is 91.6 Å².